The molecular formula is C21H21FN4O3. The first kappa shape index (κ1) is 20.1. The van der Waals surface area contributed by atoms with Crippen molar-refractivity contribution >= 4 is 17.5 Å². The molecule has 0 aliphatic rings. The summed E-state index contributed by atoms with van der Waals surface area (Å²) in [5.74, 6) is 0.762. The van der Waals surface area contributed by atoms with Crippen molar-refractivity contribution in [3.8, 4) is 11.5 Å². The Hall–Kier alpha value is -3.68. The van der Waals surface area contributed by atoms with Gasteiger partial charge in [0, 0.05) is 5.69 Å². The first-order valence-corrected chi connectivity index (χ1v) is 8.97. The summed E-state index contributed by atoms with van der Waals surface area (Å²) in [6, 6.07) is 14.9. The zero-order chi connectivity index (χ0) is 20.6. The van der Waals surface area contributed by atoms with Crippen molar-refractivity contribution in [2.75, 3.05) is 25.6 Å². The number of carbonyl (C=O) groups is 1. The molecule has 0 aliphatic heterocycles. The van der Waals surface area contributed by atoms with Crippen LogP contribution in [0.15, 0.2) is 54.6 Å². The van der Waals surface area contributed by atoms with Crippen LogP contribution in [-0.4, -0.2) is 36.1 Å². The van der Waals surface area contributed by atoms with E-state index < -0.39 is 5.82 Å². The van der Waals surface area contributed by atoms with Gasteiger partial charge in [-0.2, -0.15) is 0 Å². The molecule has 0 radical (unpaired) electrons. The number of halogens is 1. The van der Waals surface area contributed by atoms with Crippen LogP contribution in [0.25, 0.3) is 0 Å². The predicted octanol–water partition coefficient (Wildman–Crippen LogP) is 3.49. The van der Waals surface area contributed by atoms with Crippen LogP contribution < -0.4 is 20.1 Å². The number of aromatic nitrogens is 2. The molecule has 8 heteroatoms. The number of nitrogens with one attached hydrogen (secondary N) is 2. The fourth-order valence-corrected chi connectivity index (χ4v) is 2.52. The lowest BCUT2D eigenvalue weighted by Gasteiger charge is -2.10. The molecule has 0 unspecified atom stereocenters. The molecule has 1 heterocycles. The number of rotatable bonds is 8. The van der Waals surface area contributed by atoms with E-state index in [1.54, 1.807) is 62.6 Å². The molecule has 1 aromatic heterocycles. The molecular weight excluding hydrogens is 375 g/mol. The Kier molecular flexibility index (Phi) is 6.57. The molecule has 29 heavy (non-hydrogen) atoms. The van der Waals surface area contributed by atoms with E-state index in [4.69, 9.17) is 9.47 Å². The second kappa shape index (κ2) is 9.50. The Labute approximate surface area is 167 Å². The summed E-state index contributed by atoms with van der Waals surface area (Å²) in [6.45, 7) is 2.32. The third kappa shape index (κ3) is 5.65. The smallest absolute Gasteiger partial charge is 0.270 e. The number of amides is 1. The number of nitrogens with zero attached hydrogens (tertiary/aromatic N) is 2. The largest absolute Gasteiger partial charge is 0.497 e. The van der Waals surface area contributed by atoms with E-state index in [0.717, 1.165) is 5.75 Å². The SMILES string of the molecule is COc1ccc(OCCNC(=O)c2cc(C)nc(Nc3ccccc3F)n2)cc1. The second-order valence-corrected chi connectivity index (χ2v) is 6.10. The molecule has 7 nitrogen and oxygen atoms in total. The zero-order valence-electron chi connectivity index (χ0n) is 16.1. The van der Waals surface area contributed by atoms with Crippen molar-refractivity contribution in [3.63, 3.8) is 0 Å². The van der Waals surface area contributed by atoms with Gasteiger partial charge < -0.3 is 20.1 Å². The highest BCUT2D eigenvalue weighted by Gasteiger charge is 2.11. The van der Waals surface area contributed by atoms with Gasteiger partial charge in [-0.05, 0) is 49.4 Å². The average molecular weight is 396 g/mol. The molecule has 1 amide bonds. The Morgan fingerprint density at radius 2 is 1.79 bits per heavy atom. The lowest BCUT2D eigenvalue weighted by atomic mass is 10.3. The fraction of sp³-hybridized carbons (Fsp3) is 0.190. The predicted molar refractivity (Wildman–Crippen MR) is 107 cm³/mol. The van der Waals surface area contributed by atoms with Crippen LogP contribution in [-0.2, 0) is 0 Å². The molecule has 2 aromatic carbocycles. The van der Waals surface area contributed by atoms with Crippen molar-refractivity contribution < 1.29 is 18.7 Å². The minimum Gasteiger partial charge on any atom is -0.497 e. The molecule has 150 valence electrons. The number of carbonyl (C=O) groups excluding carboxylic acids is 1. The van der Waals surface area contributed by atoms with E-state index in [0.29, 0.717) is 24.6 Å². The highest BCUT2D eigenvalue weighted by molar-refractivity contribution is 5.92. The van der Waals surface area contributed by atoms with Gasteiger partial charge in [0.05, 0.1) is 19.3 Å². The maximum atomic E-state index is 13.8. The van der Waals surface area contributed by atoms with Gasteiger partial charge in [-0.25, -0.2) is 14.4 Å². The maximum absolute atomic E-state index is 13.8. The third-order valence-electron chi connectivity index (χ3n) is 3.92. The number of ether oxygens (including phenoxy) is 2. The van der Waals surface area contributed by atoms with E-state index in [9.17, 15) is 9.18 Å². The van der Waals surface area contributed by atoms with Gasteiger partial charge in [-0.15, -0.1) is 0 Å². The van der Waals surface area contributed by atoms with Gasteiger partial charge >= 0.3 is 0 Å². The summed E-state index contributed by atoms with van der Waals surface area (Å²) in [5, 5.41) is 5.53. The van der Waals surface area contributed by atoms with Crippen molar-refractivity contribution in [2.24, 2.45) is 0 Å². The Morgan fingerprint density at radius 3 is 2.52 bits per heavy atom. The molecule has 0 saturated carbocycles. The molecule has 0 fully saturated rings. The van der Waals surface area contributed by atoms with Crippen molar-refractivity contribution in [1.29, 1.82) is 0 Å². The minimum atomic E-state index is -0.431. The van der Waals surface area contributed by atoms with E-state index >= 15 is 0 Å². The van der Waals surface area contributed by atoms with Crippen LogP contribution in [0.2, 0.25) is 0 Å². The third-order valence-corrected chi connectivity index (χ3v) is 3.92. The van der Waals surface area contributed by atoms with Gasteiger partial charge in [0.15, 0.2) is 0 Å². The van der Waals surface area contributed by atoms with Gasteiger partial charge in [0.2, 0.25) is 5.95 Å². The molecule has 0 atom stereocenters. The Bertz CT molecular complexity index is 980. The first-order valence-electron chi connectivity index (χ1n) is 8.97. The van der Waals surface area contributed by atoms with Crippen molar-refractivity contribution in [2.45, 2.75) is 6.92 Å². The fourth-order valence-electron chi connectivity index (χ4n) is 2.52. The van der Waals surface area contributed by atoms with E-state index in [1.807, 2.05) is 0 Å². The zero-order valence-corrected chi connectivity index (χ0v) is 16.1. The number of anilines is 2. The molecule has 3 rings (SSSR count). The summed E-state index contributed by atoms with van der Waals surface area (Å²) < 4.78 is 24.5. The van der Waals surface area contributed by atoms with E-state index in [1.165, 1.54) is 6.07 Å². The van der Waals surface area contributed by atoms with E-state index in [-0.39, 0.29) is 23.2 Å². The molecule has 0 bridgehead atoms. The van der Waals surface area contributed by atoms with E-state index in [2.05, 4.69) is 20.6 Å². The second-order valence-electron chi connectivity index (χ2n) is 6.10. The maximum Gasteiger partial charge on any atom is 0.270 e. The van der Waals surface area contributed by atoms with Crippen LogP contribution in [0.4, 0.5) is 16.0 Å². The Balaban J connectivity index is 1.56. The number of benzene rings is 2. The number of methoxy groups -OCH3 is 1. The van der Waals surface area contributed by atoms with Gasteiger partial charge in [0.25, 0.3) is 5.91 Å². The number of aryl methyl sites for hydroxylation is 1. The van der Waals surface area contributed by atoms with Crippen LogP contribution in [0.1, 0.15) is 16.2 Å². The van der Waals surface area contributed by atoms with Crippen LogP contribution in [0.3, 0.4) is 0 Å². The van der Waals surface area contributed by atoms with Crippen LogP contribution >= 0.6 is 0 Å². The summed E-state index contributed by atoms with van der Waals surface area (Å²) in [6.07, 6.45) is 0. The molecule has 0 spiro atoms. The molecule has 0 saturated heterocycles. The lowest BCUT2D eigenvalue weighted by Crippen LogP contribution is -2.29. The molecule has 3 aromatic rings. The number of hydrogen-bond donors (Lipinski definition) is 2. The summed E-state index contributed by atoms with van der Waals surface area (Å²) >= 11 is 0. The Morgan fingerprint density at radius 1 is 1.07 bits per heavy atom. The van der Waals surface area contributed by atoms with Gasteiger partial charge in [-0.1, -0.05) is 12.1 Å². The monoisotopic (exact) mass is 396 g/mol. The normalized spacial score (nSPS) is 10.3. The van der Waals surface area contributed by atoms with Gasteiger partial charge in [-0.3, -0.25) is 4.79 Å². The lowest BCUT2D eigenvalue weighted by molar-refractivity contribution is 0.0942. The minimum absolute atomic E-state index is 0.148. The summed E-state index contributed by atoms with van der Waals surface area (Å²) in [4.78, 5) is 20.8. The first-order chi connectivity index (χ1) is 14.0. The van der Waals surface area contributed by atoms with Crippen molar-refractivity contribution in [3.05, 3.63) is 71.8 Å². The standard InChI is InChI=1S/C21H21FN4O3/c1-14-13-19(26-21(24-14)25-18-6-4-3-5-17(18)22)20(27)23-11-12-29-16-9-7-15(28-2)8-10-16/h3-10,13H,11-12H2,1-2H3,(H,23,27)(H,24,25,26). The number of hydrogen-bond acceptors (Lipinski definition) is 6. The van der Waals surface area contributed by atoms with Crippen molar-refractivity contribution in [1.82, 2.24) is 15.3 Å². The highest BCUT2D eigenvalue weighted by atomic mass is 19.1. The molecule has 0 aliphatic carbocycles. The highest BCUT2D eigenvalue weighted by Crippen LogP contribution is 2.18. The average Bonchev–Trinajstić information content (AvgIpc) is 2.73. The van der Waals surface area contributed by atoms with Gasteiger partial charge in [0.1, 0.15) is 29.6 Å². The van der Waals surface area contributed by atoms with Crippen LogP contribution in [0, 0.1) is 12.7 Å². The molecule has 2 N–H and O–H groups in total. The summed E-state index contributed by atoms with van der Waals surface area (Å²) in [7, 11) is 1.59. The quantitative estimate of drug-likeness (QED) is 0.567. The van der Waals surface area contributed by atoms with Crippen LogP contribution in [0.5, 0.6) is 11.5 Å². The number of para-hydroxylation sites is 1. The summed E-state index contributed by atoms with van der Waals surface area (Å²) in [5.41, 5.74) is 0.997. The topological polar surface area (TPSA) is 85.4 Å².